The van der Waals surface area contributed by atoms with Crippen LogP contribution in [0.5, 0.6) is 34.5 Å². The van der Waals surface area contributed by atoms with E-state index in [1.807, 2.05) is 36.4 Å². The summed E-state index contributed by atoms with van der Waals surface area (Å²) in [6, 6.07) is 44.6. The van der Waals surface area contributed by atoms with E-state index in [2.05, 4.69) is 101 Å². The van der Waals surface area contributed by atoms with Gasteiger partial charge in [-0.05, 0) is 50.4 Å². The number of para-hydroxylation sites is 3. The second-order valence-electron chi connectivity index (χ2n) is 12.0. The van der Waals surface area contributed by atoms with E-state index in [0.29, 0.717) is 28.6 Å². The van der Waals surface area contributed by atoms with Crippen molar-refractivity contribution in [3.63, 3.8) is 0 Å². The van der Waals surface area contributed by atoms with Crippen molar-refractivity contribution >= 4 is 69.9 Å². The maximum atomic E-state index is 5.73. The van der Waals surface area contributed by atoms with Gasteiger partial charge in [0.15, 0.2) is 34.5 Å². The topological polar surface area (TPSA) is 55.4 Å². The number of benzene rings is 6. The molecule has 6 aromatic carbocycles. The Bertz CT molecular complexity index is 1900. The van der Waals surface area contributed by atoms with Crippen molar-refractivity contribution in [3.8, 4) is 34.5 Å². The van der Waals surface area contributed by atoms with Crippen molar-refractivity contribution < 1.29 is 28.4 Å². The fourth-order valence-electron chi connectivity index (χ4n) is 6.33. The number of hydrogen-bond acceptors (Lipinski definition) is 6. The largest absolute Gasteiger partial charge is 0.493 e. The second-order valence-corrected chi connectivity index (χ2v) is 16.8. The van der Waals surface area contributed by atoms with Crippen LogP contribution in [0.15, 0.2) is 127 Å². The Labute approximate surface area is 323 Å². The summed E-state index contributed by atoms with van der Waals surface area (Å²) in [6.07, 6.45) is 0. The second kappa shape index (κ2) is 17.2. The van der Waals surface area contributed by atoms with Crippen molar-refractivity contribution in [3.05, 3.63) is 144 Å². The van der Waals surface area contributed by atoms with E-state index < -0.39 is 5.04 Å². The molecule has 6 nitrogen and oxygen atoms in total. The summed E-state index contributed by atoms with van der Waals surface area (Å²) in [5.74, 6) is 4.51. The van der Waals surface area contributed by atoms with E-state index in [1.54, 1.807) is 42.7 Å². The first kappa shape index (κ1) is 37.7. The molecule has 0 N–H and O–H groups in total. The average Bonchev–Trinajstić information content (AvgIpc) is 3.21. The van der Waals surface area contributed by atoms with Gasteiger partial charge in [0, 0.05) is 5.04 Å². The maximum Gasteiger partial charge on any atom is 0.160 e. The van der Waals surface area contributed by atoms with Crippen LogP contribution in [0.1, 0.15) is 16.7 Å². The highest BCUT2D eigenvalue weighted by atomic mass is 28.2. The first-order chi connectivity index (χ1) is 25.9. The molecule has 10 heteroatoms. The molecule has 263 valence electrons. The summed E-state index contributed by atoms with van der Waals surface area (Å²) in [7, 11) is 15.6. The molecule has 0 spiro atoms. The normalized spacial score (nSPS) is 11.2. The van der Waals surface area contributed by atoms with Crippen LogP contribution in [-0.4, -0.2) is 81.5 Å². The minimum Gasteiger partial charge on any atom is -0.493 e. The van der Waals surface area contributed by atoms with Crippen LogP contribution in [0.25, 0.3) is 0 Å². The highest BCUT2D eigenvalue weighted by Gasteiger charge is 2.31. The third kappa shape index (κ3) is 8.01. The Morgan fingerprint density at radius 1 is 0.358 bits per heavy atom. The highest BCUT2D eigenvalue weighted by molar-refractivity contribution is 6.69. The predicted octanol–water partition coefficient (Wildman–Crippen LogP) is 3.16. The summed E-state index contributed by atoms with van der Waals surface area (Å²) >= 11 is 0. The van der Waals surface area contributed by atoms with Gasteiger partial charge >= 0.3 is 0 Å². The Hall–Kier alpha value is -5.01. The molecule has 6 aromatic rings. The smallest absolute Gasteiger partial charge is 0.160 e. The fourth-order valence-corrected chi connectivity index (χ4v) is 10.3. The SMILES string of the molecule is COc1cccc([Si]c2ccc(C([Si])(c3ccc([Si]c4cccc(OC)c4OC)cc3)c3ccc([Si]c4cccc(OC)c4OC)cc3)cc2)c1OC. The summed E-state index contributed by atoms with van der Waals surface area (Å²) < 4.78 is 33.8. The van der Waals surface area contributed by atoms with E-state index in [-0.39, 0.29) is 0 Å². The molecule has 53 heavy (non-hydrogen) atoms. The fraction of sp³-hybridized carbons (Fsp3) is 0.163. The zero-order valence-corrected chi connectivity index (χ0v) is 34.6. The molecule has 9 radical (unpaired) electrons. The van der Waals surface area contributed by atoms with E-state index in [1.165, 1.54) is 15.6 Å². The first-order valence-corrected chi connectivity index (χ1v) is 20.4. The van der Waals surface area contributed by atoms with E-state index >= 15 is 0 Å². The van der Waals surface area contributed by atoms with Crippen molar-refractivity contribution in [2.45, 2.75) is 5.04 Å². The first-order valence-electron chi connectivity index (χ1n) is 16.9. The summed E-state index contributed by atoms with van der Waals surface area (Å²) in [5, 5.41) is 6.25. The van der Waals surface area contributed by atoms with Gasteiger partial charge in [0.1, 0.15) is 28.6 Å². The number of hydrogen-bond donors (Lipinski definition) is 0. The van der Waals surface area contributed by atoms with Crippen LogP contribution in [0.2, 0.25) is 0 Å². The lowest BCUT2D eigenvalue weighted by molar-refractivity contribution is 0.357. The van der Waals surface area contributed by atoms with Crippen molar-refractivity contribution in [1.29, 1.82) is 0 Å². The highest BCUT2D eigenvalue weighted by Crippen LogP contribution is 2.36. The van der Waals surface area contributed by atoms with Gasteiger partial charge in [-0.25, -0.2) is 0 Å². The molecule has 0 aliphatic rings. The molecule has 0 aromatic heterocycles. The van der Waals surface area contributed by atoms with Gasteiger partial charge < -0.3 is 28.4 Å². The Kier molecular flexibility index (Phi) is 12.3. The van der Waals surface area contributed by atoms with Crippen molar-refractivity contribution in [1.82, 2.24) is 0 Å². The molecule has 0 fully saturated rings. The molecule has 0 saturated heterocycles. The Balaban J connectivity index is 1.35. The third-order valence-electron chi connectivity index (χ3n) is 9.00. The molecular formula is C43H39O6Si4. The van der Waals surface area contributed by atoms with Crippen LogP contribution in [0.3, 0.4) is 0 Å². The summed E-state index contributed by atoms with van der Waals surface area (Å²) in [5.41, 5.74) is 3.36. The van der Waals surface area contributed by atoms with Gasteiger partial charge in [-0.3, -0.25) is 0 Å². The minimum atomic E-state index is -0.625. The van der Waals surface area contributed by atoms with Crippen LogP contribution >= 0.6 is 0 Å². The van der Waals surface area contributed by atoms with Crippen LogP contribution < -0.4 is 59.5 Å². The Morgan fingerprint density at radius 3 is 0.849 bits per heavy atom. The number of ether oxygens (including phenoxy) is 6. The standard InChI is InChI=1S/C43H39O6Si4/c1-44-34-10-7-13-37(40(34)47-4)51-31-22-16-28(17-23-31)43(50,29-18-24-32(25-19-29)52-38-14-8-11-35(45-2)41(38)48-5)30-20-26-33(27-21-30)53-39-15-9-12-36(46-3)42(39)49-6/h7-27H,1-6H3. The average molecular weight is 764 g/mol. The van der Waals surface area contributed by atoms with Crippen molar-refractivity contribution in [2.75, 3.05) is 42.7 Å². The number of methoxy groups -OCH3 is 6. The van der Waals surface area contributed by atoms with E-state index in [9.17, 15) is 0 Å². The summed E-state index contributed by atoms with van der Waals surface area (Å²) in [4.78, 5) is 0. The molecule has 0 saturated carbocycles. The zero-order chi connectivity index (χ0) is 37.4. The van der Waals surface area contributed by atoms with Crippen LogP contribution in [-0.2, 0) is 5.04 Å². The van der Waals surface area contributed by atoms with Gasteiger partial charge in [-0.15, -0.1) is 0 Å². The van der Waals surface area contributed by atoms with Gasteiger partial charge in [-0.2, -0.15) is 0 Å². The molecule has 0 aliphatic heterocycles. The van der Waals surface area contributed by atoms with Gasteiger partial charge in [-0.1, -0.05) is 125 Å². The lowest BCUT2D eigenvalue weighted by Gasteiger charge is -2.32. The predicted molar refractivity (Wildman–Crippen MR) is 219 cm³/mol. The quantitative estimate of drug-likeness (QED) is 0.119. The zero-order valence-electron chi connectivity index (χ0n) is 30.6. The molecule has 0 bridgehead atoms. The Morgan fingerprint density at radius 2 is 0.623 bits per heavy atom. The van der Waals surface area contributed by atoms with E-state index in [4.69, 9.17) is 28.4 Å². The van der Waals surface area contributed by atoms with Gasteiger partial charge in [0.2, 0.25) is 0 Å². The molecule has 0 amide bonds. The third-order valence-corrected chi connectivity index (χ3v) is 13.7. The van der Waals surface area contributed by atoms with Crippen molar-refractivity contribution in [2.24, 2.45) is 0 Å². The minimum absolute atomic E-state index is 0.401. The number of rotatable bonds is 15. The molecule has 6 rings (SSSR count). The lowest BCUT2D eigenvalue weighted by Crippen LogP contribution is -2.34. The van der Waals surface area contributed by atoms with Crippen LogP contribution in [0.4, 0.5) is 0 Å². The summed E-state index contributed by atoms with van der Waals surface area (Å²) in [6.45, 7) is 0. The molecule has 0 aliphatic carbocycles. The molecule has 0 unspecified atom stereocenters. The van der Waals surface area contributed by atoms with Crippen LogP contribution in [0, 0.1) is 0 Å². The lowest BCUT2D eigenvalue weighted by atomic mass is 9.84. The molecule has 0 heterocycles. The molecular weight excluding hydrogens is 725 g/mol. The van der Waals surface area contributed by atoms with Gasteiger partial charge in [0.05, 0.1) is 52.9 Å². The van der Waals surface area contributed by atoms with Gasteiger partial charge in [0.25, 0.3) is 0 Å². The molecule has 0 atom stereocenters. The monoisotopic (exact) mass is 763 g/mol. The maximum absolute atomic E-state index is 5.73. The van der Waals surface area contributed by atoms with E-state index in [0.717, 1.165) is 66.7 Å².